The SMILES string of the molecule is CNS(=O)(=O)c1ccc(NCCCOCCOC)c(N)c1. The van der Waals surface area contributed by atoms with Crippen molar-refractivity contribution in [2.75, 3.05) is 51.6 Å². The third-order valence-corrected chi connectivity index (χ3v) is 4.23. The van der Waals surface area contributed by atoms with Gasteiger partial charge in [0.2, 0.25) is 10.0 Å². The summed E-state index contributed by atoms with van der Waals surface area (Å²) in [6.45, 7) is 2.48. The zero-order valence-electron chi connectivity index (χ0n) is 12.4. The molecule has 1 aromatic rings. The summed E-state index contributed by atoms with van der Waals surface area (Å²) in [7, 11) is -0.472. The Hall–Kier alpha value is -1.35. The highest BCUT2D eigenvalue weighted by atomic mass is 32.2. The zero-order chi connectivity index (χ0) is 15.7. The Balaban J connectivity index is 2.43. The largest absolute Gasteiger partial charge is 0.397 e. The highest BCUT2D eigenvalue weighted by molar-refractivity contribution is 7.89. The van der Waals surface area contributed by atoms with Crippen LogP contribution in [0.4, 0.5) is 11.4 Å². The predicted molar refractivity (Wildman–Crippen MR) is 82.9 cm³/mol. The van der Waals surface area contributed by atoms with Gasteiger partial charge in [0.05, 0.1) is 29.5 Å². The van der Waals surface area contributed by atoms with Gasteiger partial charge in [0.1, 0.15) is 0 Å². The summed E-state index contributed by atoms with van der Waals surface area (Å²) in [5, 5.41) is 3.15. The quantitative estimate of drug-likeness (QED) is 0.432. The minimum atomic E-state index is -3.47. The molecule has 0 unspecified atom stereocenters. The molecule has 8 heteroatoms. The molecule has 0 atom stereocenters. The van der Waals surface area contributed by atoms with Crippen molar-refractivity contribution in [3.8, 4) is 0 Å². The lowest BCUT2D eigenvalue weighted by molar-refractivity contribution is 0.0705. The molecule has 1 rings (SSSR count). The van der Waals surface area contributed by atoms with Gasteiger partial charge >= 0.3 is 0 Å². The lowest BCUT2D eigenvalue weighted by Crippen LogP contribution is -2.19. The Morgan fingerprint density at radius 3 is 2.62 bits per heavy atom. The van der Waals surface area contributed by atoms with E-state index < -0.39 is 10.0 Å². The molecule has 0 heterocycles. The average Bonchev–Trinajstić information content (AvgIpc) is 2.47. The normalized spacial score (nSPS) is 11.5. The van der Waals surface area contributed by atoms with Gasteiger partial charge in [0.25, 0.3) is 0 Å². The average molecular weight is 317 g/mol. The summed E-state index contributed by atoms with van der Waals surface area (Å²) in [5.41, 5.74) is 6.96. The van der Waals surface area contributed by atoms with E-state index in [1.165, 1.54) is 19.2 Å². The van der Waals surface area contributed by atoms with Gasteiger partial charge in [-0.2, -0.15) is 0 Å². The molecule has 0 radical (unpaired) electrons. The highest BCUT2D eigenvalue weighted by Gasteiger charge is 2.12. The first-order chi connectivity index (χ1) is 10.0. The first-order valence-corrected chi connectivity index (χ1v) is 8.13. The van der Waals surface area contributed by atoms with Crippen LogP contribution >= 0.6 is 0 Å². The summed E-state index contributed by atoms with van der Waals surface area (Å²) in [6, 6.07) is 4.61. The summed E-state index contributed by atoms with van der Waals surface area (Å²) >= 11 is 0. The Bertz CT molecular complexity index is 534. The standard InChI is InChI=1S/C13H23N3O4S/c1-15-21(17,18)11-4-5-13(12(14)10-11)16-6-3-7-20-9-8-19-2/h4-5,10,15-16H,3,6-9,14H2,1-2H3. The molecule has 0 aliphatic rings. The molecule has 120 valence electrons. The molecule has 7 nitrogen and oxygen atoms in total. The van der Waals surface area contributed by atoms with Gasteiger partial charge in [-0.3, -0.25) is 0 Å². The molecule has 0 saturated heterocycles. The van der Waals surface area contributed by atoms with Crippen LogP contribution in [0.15, 0.2) is 23.1 Å². The fourth-order valence-corrected chi connectivity index (χ4v) is 2.39. The van der Waals surface area contributed by atoms with Crippen LogP contribution in [0.25, 0.3) is 0 Å². The number of hydrogen-bond donors (Lipinski definition) is 3. The first kappa shape index (κ1) is 17.7. The second kappa shape index (κ2) is 8.83. The monoisotopic (exact) mass is 317 g/mol. The second-order valence-electron chi connectivity index (χ2n) is 4.34. The number of sulfonamides is 1. The number of methoxy groups -OCH3 is 1. The second-order valence-corrected chi connectivity index (χ2v) is 6.23. The molecule has 0 saturated carbocycles. The Morgan fingerprint density at radius 2 is 2.00 bits per heavy atom. The van der Waals surface area contributed by atoms with Crippen LogP contribution in [0.3, 0.4) is 0 Å². The lowest BCUT2D eigenvalue weighted by Gasteiger charge is -2.11. The van der Waals surface area contributed by atoms with E-state index in [0.717, 1.165) is 6.42 Å². The first-order valence-electron chi connectivity index (χ1n) is 6.65. The Kier molecular flexibility index (Phi) is 7.44. The molecule has 1 aromatic carbocycles. The topological polar surface area (TPSA) is 103 Å². The summed E-state index contributed by atoms with van der Waals surface area (Å²) in [4.78, 5) is 0.149. The number of nitrogens with one attached hydrogen (secondary N) is 2. The summed E-state index contributed by atoms with van der Waals surface area (Å²) in [6.07, 6.45) is 0.819. The van der Waals surface area contributed by atoms with Gasteiger partial charge in [0.15, 0.2) is 0 Å². The van der Waals surface area contributed by atoms with Gasteiger partial charge < -0.3 is 20.5 Å². The van der Waals surface area contributed by atoms with Crippen molar-refractivity contribution in [2.45, 2.75) is 11.3 Å². The Morgan fingerprint density at radius 1 is 1.24 bits per heavy atom. The summed E-state index contributed by atoms with van der Waals surface area (Å²) in [5.74, 6) is 0. The maximum absolute atomic E-state index is 11.6. The van der Waals surface area contributed by atoms with E-state index in [-0.39, 0.29) is 4.90 Å². The van der Waals surface area contributed by atoms with Crippen molar-refractivity contribution in [1.29, 1.82) is 0 Å². The molecule has 0 spiro atoms. The van der Waals surface area contributed by atoms with Crippen LogP contribution in [0, 0.1) is 0 Å². The van der Waals surface area contributed by atoms with Gasteiger partial charge in [-0.1, -0.05) is 0 Å². The van der Waals surface area contributed by atoms with E-state index >= 15 is 0 Å². The number of ether oxygens (including phenoxy) is 2. The van der Waals surface area contributed by atoms with E-state index in [4.69, 9.17) is 15.2 Å². The molecular weight excluding hydrogens is 294 g/mol. The third kappa shape index (κ3) is 5.88. The van der Waals surface area contributed by atoms with Crippen LogP contribution in [0.1, 0.15) is 6.42 Å². The molecule has 0 aliphatic heterocycles. The lowest BCUT2D eigenvalue weighted by atomic mass is 10.2. The van der Waals surface area contributed by atoms with Crippen LogP contribution in [0.5, 0.6) is 0 Å². The molecular formula is C13H23N3O4S. The van der Waals surface area contributed by atoms with Crippen molar-refractivity contribution < 1.29 is 17.9 Å². The summed E-state index contributed by atoms with van der Waals surface area (Å²) < 4.78 is 35.7. The van der Waals surface area contributed by atoms with Crippen molar-refractivity contribution in [3.05, 3.63) is 18.2 Å². The van der Waals surface area contributed by atoms with Gasteiger partial charge in [-0.05, 0) is 31.7 Å². The van der Waals surface area contributed by atoms with E-state index in [1.807, 2.05) is 0 Å². The molecule has 21 heavy (non-hydrogen) atoms. The van der Waals surface area contributed by atoms with E-state index in [1.54, 1.807) is 13.2 Å². The van der Waals surface area contributed by atoms with Crippen molar-refractivity contribution in [2.24, 2.45) is 0 Å². The predicted octanol–water partition coefficient (Wildman–Crippen LogP) is 0.642. The number of hydrogen-bond acceptors (Lipinski definition) is 6. The Labute approximate surface area is 125 Å². The molecule has 0 aromatic heterocycles. The van der Waals surface area contributed by atoms with Crippen molar-refractivity contribution >= 4 is 21.4 Å². The number of anilines is 2. The van der Waals surface area contributed by atoms with Gasteiger partial charge in [-0.15, -0.1) is 0 Å². The number of rotatable bonds is 10. The number of nitrogens with two attached hydrogens (primary N) is 1. The van der Waals surface area contributed by atoms with Crippen LogP contribution in [0.2, 0.25) is 0 Å². The maximum Gasteiger partial charge on any atom is 0.240 e. The maximum atomic E-state index is 11.6. The van der Waals surface area contributed by atoms with Crippen LogP contribution < -0.4 is 15.8 Å². The molecule has 0 fully saturated rings. The van der Waals surface area contributed by atoms with Crippen molar-refractivity contribution in [1.82, 2.24) is 4.72 Å². The zero-order valence-corrected chi connectivity index (χ0v) is 13.2. The molecule has 4 N–H and O–H groups in total. The minimum Gasteiger partial charge on any atom is -0.397 e. The van der Waals surface area contributed by atoms with Crippen molar-refractivity contribution in [3.63, 3.8) is 0 Å². The van der Waals surface area contributed by atoms with E-state index in [9.17, 15) is 8.42 Å². The molecule has 0 aliphatic carbocycles. The number of nitrogen functional groups attached to an aromatic ring is 1. The van der Waals surface area contributed by atoms with Crippen LogP contribution in [-0.4, -0.2) is 48.9 Å². The smallest absolute Gasteiger partial charge is 0.240 e. The third-order valence-electron chi connectivity index (χ3n) is 2.81. The highest BCUT2D eigenvalue weighted by Crippen LogP contribution is 2.22. The molecule has 0 amide bonds. The van der Waals surface area contributed by atoms with E-state index in [0.29, 0.717) is 37.7 Å². The van der Waals surface area contributed by atoms with E-state index in [2.05, 4.69) is 10.0 Å². The molecule has 0 bridgehead atoms. The van der Waals surface area contributed by atoms with Crippen LogP contribution in [-0.2, 0) is 19.5 Å². The number of benzene rings is 1. The van der Waals surface area contributed by atoms with Gasteiger partial charge in [-0.25, -0.2) is 13.1 Å². The minimum absolute atomic E-state index is 0.149. The van der Waals surface area contributed by atoms with Gasteiger partial charge in [0, 0.05) is 20.3 Å². The fraction of sp³-hybridized carbons (Fsp3) is 0.538. The fourth-order valence-electron chi connectivity index (χ4n) is 1.63.